The third-order valence-electron chi connectivity index (χ3n) is 1.35. The number of nitrogens with zero attached hydrogens (tertiary/aromatic N) is 2. The Morgan fingerprint density at radius 3 is 2.50 bits per heavy atom. The zero-order chi connectivity index (χ0) is 10.8. The maximum Gasteiger partial charge on any atom is 0.438 e. The molecule has 0 aromatic carbocycles. The Labute approximate surface area is 75.7 Å². The molecular weight excluding hydrogens is 204 g/mol. The van der Waals surface area contributed by atoms with Gasteiger partial charge < -0.3 is 5.21 Å². The maximum atomic E-state index is 12.8. The molecule has 0 aliphatic heterocycles. The fourth-order valence-corrected chi connectivity index (χ4v) is 0.798. The van der Waals surface area contributed by atoms with E-state index in [1.54, 1.807) is 0 Å². The lowest BCUT2D eigenvalue weighted by atomic mass is 10.2. The molecule has 76 valence electrons. The summed E-state index contributed by atoms with van der Waals surface area (Å²) in [6.07, 6.45) is -3.97. The molecule has 3 nitrogen and oxygen atoms in total. The van der Waals surface area contributed by atoms with Crippen molar-refractivity contribution in [3.63, 3.8) is 0 Å². The average molecular weight is 208 g/mol. The van der Waals surface area contributed by atoms with E-state index in [1.165, 1.54) is 0 Å². The first kappa shape index (κ1) is 10.4. The molecule has 0 aliphatic rings. The Balaban J connectivity index is 3.23. The quantitative estimate of drug-likeness (QED) is 0.332. The van der Waals surface area contributed by atoms with Gasteiger partial charge in [-0.25, -0.2) is 4.39 Å². The molecule has 1 N–H and O–H groups in total. The first-order valence-electron chi connectivity index (χ1n) is 3.37. The van der Waals surface area contributed by atoms with Gasteiger partial charge in [0.15, 0.2) is 5.82 Å². The summed E-state index contributed by atoms with van der Waals surface area (Å²) < 4.78 is 49.1. The molecule has 14 heavy (non-hydrogen) atoms. The summed E-state index contributed by atoms with van der Waals surface area (Å²) in [7, 11) is 0. The van der Waals surface area contributed by atoms with Gasteiger partial charge in [0.1, 0.15) is 5.69 Å². The second-order valence-electron chi connectivity index (χ2n) is 2.28. The minimum atomic E-state index is -4.94. The number of pyridine rings is 1. The Morgan fingerprint density at radius 2 is 2.07 bits per heavy atom. The smallest absolute Gasteiger partial charge is 0.410 e. The van der Waals surface area contributed by atoms with E-state index in [4.69, 9.17) is 5.21 Å². The van der Waals surface area contributed by atoms with E-state index in [9.17, 15) is 17.6 Å². The number of halogens is 4. The number of hydrogen-bond acceptors (Lipinski definition) is 3. The highest BCUT2D eigenvalue weighted by Gasteiger charge is 2.40. The van der Waals surface area contributed by atoms with Crippen molar-refractivity contribution < 1.29 is 22.8 Å². The van der Waals surface area contributed by atoms with Crippen molar-refractivity contribution in [2.24, 2.45) is 5.16 Å². The summed E-state index contributed by atoms with van der Waals surface area (Å²) >= 11 is 0. The van der Waals surface area contributed by atoms with Gasteiger partial charge in [-0.15, -0.1) is 0 Å². The Morgan fingerprint density at radius 1 is 1.43 bits per heavy atom. The lowest BCUT2D eigenvalue weighted by Gasteiger charge is -2.07. The SMILES string of the molecule is ON=C(c1ncccc1F)C(F)(F)F. The standard InChI is InChI=1S/C7H4F4N2O/c8-4-2-1-3-12-5(4)6(13-14)7(9,10)11/h1-3,14H. The van der Waals surface area contributed by atoms with Gasteiger partial charge in [-0.2, -0.15) is 13.2 Å². The Bertz CT molecular complexity index is 361. The number of hydrogen-bond donors (Lipinski definition) is 1. The van der Waals surface area contributed by atoms with E-state index >= 15 is 0 Å². The molecule has 0 radical (unpaired) electrons. The largest absolute Gasteiger partial charge is 0.438 e. The fourth-order valence-electron chi connectivity index (χ4n) is 0.798. The first-order valence-corrected chi connectivity index (χ1v) is 3.37. The molecule has 1 rings (SSSR count). The molecule has 7 heteroatoms. The molecule has 0 unspecified atom stereocenters. The van der Waals surface area contributed by atoms with Crippen molar-refractivity contribution in [2.75, 3.05) is 0 Å². The molecule has 1 aromatic rings. The Hall–Kier alpha value is -1.66. The van der Waals surface area contributed by atoms with Crippen molar-refractivity contribution in [3.05, 3.63) is 29.8 Å². The molecule has 0 aliphatic carbocycles. The van der Waals surface area contributed by atoms with Crippen LogP contribution in [0.1, 0.15) is 5.69 Å². The number of oxime groups is 1. The second-order valence-corrected chi connectivity index (χ2v) is 2.28. The summed E-state index contributed by atoms with van der Waals surface area (Å²) in [6, 6.07) is 1.92. The van der Waals surface area contributed by atoms with Crippen LogP contribution >= 0.6 is 0 Å². The van der Waals surface area contributed by atoms with E-state index in [-0.39, 0.29) is 0 Å². The Kier molecular flexibility index (Phi) is 2.68. The summed E-state index contributed by atoms with van der Waals surface area (Å²) in [6.45, 7) is 0. The lowest BCUT2D eigenvalue weighted by Crippen LogP contribution is -2.26. The third kappa shape index (κ3) is 1.98. The predicted octanol–water partition coefficient (Wildman–Crippen LogP) is 1.96. The number of aromatic nitrogens is 1. The van der Waals surface area contributed by atoms with Crippen molar-refractivity contribution in [3.8, 4) is 0 Å². The van der Waals surface area contributed by atoms with Crippen molar-refractivity contribution in [1.82, 2.24) is 4.98 Å². The molecule has 0 atom stereocenters. The van der Waals surface area contributed by atoms with Crippen LogP contribution in [-0.4, -0.2) is 22.1 Å². The monoisotopic (exact) mass is 208 g/mol. The third-order valence-corrected chi connectivity index (χ3v) is 1.35. The maximum absolute atomic E-state index is 12.8. The zero-order valence-electron chi connectivity index (χ0n) is 6.59. The minimum Gasteiger partial charge on any atom is -0.410 e. The zero-order valence-corrected chi connectivity index (χ0v) is 6.59. The normalized spacial score (nSPS) is 13.0. The van der Waals surface area contributed by atoms with E-state index in [0.29, 0.717) is 0 Å². The molecule has 0 amide bonds. The van der Waals surface area contributed by atoms with Gasteiger partial charge in [-0.05, 0) is 12.1 Å². The fraction of sp³-hybridized carbons (Fsp3) is 0.143. The first-order chi connectivity index (χ1) is 6.46. The van der Waals surface area contributed by atoms with Gasteiger partial charge in [0.25, 0.3) is 0 Å². The van der Waals surface area contributed by atoms with Gasteiger partial charge in [0.05, 0.1) is 0 Å². The van der Waals surface area contributed by atoms with Crippen LogP contribution in [0.2, 0.25) is 0 Å². The van der Waals surface area contributed by atoms with Gasteiger partial charge in [0, 0.05) is 6.20 Å². The van der Waals surface area contributed by atoms with Gasteiger partial charge in [0.2, 0.25) is 5.71 Å². The molecule has 0 bridgehead atoms. The lowest BCUT2D eigenvalue weighted by molar-refractivity contribution is -0.0604. The van der Waals surface area contributed by atoms with E-state index < -0.39 is 23.4 Å². The predicted molar refractivity (Wildman–Crippen MR) is 38.6 cm³/mol. The van der Waals surface area contributed by atoms with Crippen LogP contribution in [0.15, 0.2) is 23.5 Å². The summed E-state index contributed by atoms with van der Waals surface area (Å²) in [5, 5.41) is 10.1. The molecule has 0 fully saturated rings. The van der Waals surface area contributed by atoms with E-state index in [2.05, 4.69) is 4.98 Å². The van der Waals surface area contributed by atoms with Crippen LogP contribution in [0, 0.1) is 5.82 Å². The highest BCUT2D eigenvalue weighted by Crippen LogP contribution is 2.22. The summed E-state index contributed by atoms with van der Waals surface area (Å²) in [4.78, 5) is 3.13. The minimum absolute atomic E-state index is 0.791. The van der Waals surface area contributed by atoms with E-state index in [0.717, 1.165) is 18.3 Å². The van der Waals surface area contributed by atoms with Crippen LogP contribution in [0.3, 0.4) is 0 Å². The summed E-state index contributed by atoms with van der Waals surface area (Å²) in [5.74, 6) is -1.20. The van der Waals surface area contributed by atoms with Crippen molar-refractivity contribution in [1.29, 1.82) is 0 Å². The summed E-state index contributed by atoms with van der Waals surface area (Å²) in [5.41, 5.74) is -2.78. The van der Waals surface area contributed by atoms with Crippen LogP contribution in [-0.2, 0) is 0 Å². The van der Waals surface area contributed by atoms with Crippen LogP contribution in [0.25, 0.3) is 0 Å². The molecule has 0 saturated heterocycles. The van der Waals surface area contributed by atoms with Gasteiger partial charge in [-0.1, -0.05) is 5.16 Å². The highest BCUT2D eigenvalue weighted by molar-refractivity contribution is 6.02. The van der Waals surface area contributed by atoms with E-state index in [1.807, 2.05) is 5.16 Å². The van der Waals surface area contributed by atoms with Crippen molar-refractivity contribution in [2.45, 2.75) is 6.18 Å². The molecule has 0 spiro atoms. The van der Waals surface area contributed by atoms with Crippen LogP contribution in [0.5, 0.6) is 0 Å². The average Bonchev–Trinajstić information content (AvgIpc) is 2.07. The van der Waals surface area contributed by atoms with Gasteiger partial charge in [-0.3, -0.25) is 4.98 Å². The van der Waals surface area contributed by atoms with Crippen LogP contribution in [0.4, 0.5) is 17.6 Å². The molecule has 0 saturated carbocycles. The number of rotatable bonds is 1. The molecular formula is C7H4F4N2O. The van der Waals surface area contributed by atoms with Gasteiger partial charge >= 0.3 is 6.18 Å². The molecule has 1 heterocycles. The number of alkyl halides is 3. The second kappa shape index (κ2) is 3.60. The van der Waals surface area contributed by atoms with Crippen LogP contribution < -0.4 is 0 Å². The highest BCUT2D eigenvalue weighted by atomic mass is 19.4. The topological polar surface area (TPSA) is 45.5 Å². The molecule has 1 aromatic heterocycles. The van der Waals surface area contributed by atoms with Crippen molar-refractivity contribution >= 4 is 5.71 Å².